The smallest absolute Gasteiger partial charge is 0.248 e. The first kappa shape index (κ1) is 16.7. The summed E-state index contributed by atoms with van der Waals surface area (Å²) in [4.78, 5) is 4.92. The molecule has 3 heterocycles. The van der Waals surface area contributed by atoms with Crippen LogP contribution in [0.4, 0.5) is 0 Å². The van der Waals surface area contributed by atoms with E-state index in [9.17, 15) is 8.42 Å². The van der Waals surface area contributed by atoms with Crippen LogP contribution in [0, 0.1) is 13.8 Å². The van der Waals surface area contributed by atoms with Gasteiger partial charge in [-0.2, -0.15) is 4.31 Å². The molecule has 132 valence electrons. The van der Waals surface area contributed by atoms with Crippen molar-refractivity contribution in [2.75, 3.05) is 13.1 Å². The number of thiazole rings is 1. The highest BCUT2D eigenvalue weighted by Crippen LogP contribution is 2.35. The third-order valence-corrected chi connectivity index (χ3v) is 7.92. The summed E-state index contributed by atoms with van der Waals surface area (Å²) >= 11 is 1.66. The van der Waals surface area contributed by atoms with Crippen LogP contribution in [-0.2, 0) is 10.0 Å². The summed E-state index contributed by atoms with van der Waals surface area (Å²) in [6, 6.07) is 8.02. The Labute approximate surface area is 150 Å². The SMILES string of the molecule is Cc1noc(C)c1S(=O)(=O)N1CCCC(c2nc3ccccc3s2)C1. The Balaban J connectivity index is 1.65. The van der Waals surface area contributed by atoms with Crippen LogP contribution < -0.4 is 0 Å². The molecular formula is C17H19N3O3S2. The van der Waals surface area contributed by atoms with Gasteiger partial charge in [-0.3, -0.25) is 0 Å². The summed E-state index contributed by atoms with van der Waals surface area (Å²) in [6.45, 7) is 4.28. The third kappa shape index (κ3) is 2.88. The van der Waals surface area contributed by atoms with E-state index in [4.69, 9.17) is 9.51 Å². The first-order valence-corrected chi connectivity index (χ1v) is 10.5. The van der Waals surface area contributed by atoms with Crippen LogP contribution in [0.15, 0.2) is 33.7 Å². The normalized spacial score (nSPS) is 19.5. The number of hydrogen-bond donors (Lipinski definition) is 0. The molecule has 25 heavy (non-hydrogen) atoms. The van der Waals surface area contributed by atoms with E-state index in [1.165, 1.54) is 0 Å². The van der Waals surface area contributed by atoms with Crippen LogP contribution in [0.1, 0.15) is 35.2 Å². The van der Waals surface area contributed by atoms with Gasteiger partial charge in [0.25, 0.3) is 0 Å². The number of aromatic nitrogens is 2. The van der Waals surface area contributed by atoms with Gasteiger partial charge in [0.1, 0.15) is 10.6 Å². The Morgan fingerprint density at radius 1 is 1.28 bits per heavy atom. The second kappa shape index (κ2) is 6.19. The summed E-state index contributed by atoms with van der Waals surface area (Å²) in [7, 11) is -3.60. The van der Waals surface area contributed by atoms with Crippen molar-refractivity contribution >= 4 is 31.6 Å². The molecule has 3 aromatic rings. The molecule has 6 nitrogen and oxygen atoms in total. The Morgan fingerprint density at radius 3 is 2.80 bits per heavy atom. The molecule has 0 spiro atoms. The molecule has 0 bridgehead atoms. The molecule has 1 saturated heterocycles. The molecule has 1 aliphatic heterocycles. The second-order valence-corrected chi connectivity index (χ2v) is 9.31. The maximum absolute atomic E-state index is 13.0. The second-order valence-electron chi connectivity index (χ2n) is 6.38. The van der Waals surface area contributed by atoms with Gasteiger partial charge >= 0.3 is 0 Å². The standard InChI is InChI=1S/C17H19N3O3S2/c1-11-16(12(2)23-19-11)25(21,22)20-9-5-6-13(10-20)17-18-14-7-3-4-8-15(14)24-17/h3-4,7-8,13H,5-6,9-10H2,1-2H3. The largest absolute Gasteiger partial charge is 0.360 e. The molecule has 1 fully saturated rings. The topological polar surface area (TPSA) is 76.3 Å². The molecule has 1 aromatic carbocycles. The molecule has 2 aromatic heterocycles. The van der Waals surface area contributed by atoms with Crippen molar-refractivity contribution in [3.05, 3.63) is 40.7 Å². The first-order valence-electron chi connectivity index (χ1n) is 8.25. The summed E-state index contributed by atoms with van der Waals surface area (Å²) < 4.78 is 33.9. The van der Waals surface area contributed by atoms with Crippen molar-refractivity contribution in [2.45, 2.75) is 37.5 Å². The molecule has 1 aliphatic rings. The monoisotopic (exact) mass is 377 g/mol. The number of nitrogens with zero attached hydrogens (tertiary/aromatic N) is 3. The van der Waals surface area contributed by atoms with Gasteiger partial charge in [-0.25, -0.2) is 13.4 Å². The molecule has 1 unspecified atom stereocenters. The van der Waals surface area contributed by atoms with E-state index in [1.807, 2.05) is 18.2 Å². The van der Waals surface area contributed by atoms with Crippen molar-refractivity contribution < 1.29 is 12.9 Å². The Hall–Kier alpha value is -1.77. The van der Waals surface area contributed by atoms with Crippen molar-refractivity contribution in [3.8, 4) is 0 Å². The van der Waals surface area contributed by atoms with Gasteiger partial charge in [-0.15, -0.1) is 11.3 Å². The van der Waals surface area contributed by atoms with Crippen LogP contribution >= 0.6 is 11.3 Å². The molecular weight excluding hydrogens is 358 g/mol. The van der Waals surface area contributed by atoms with Crippen LogP contribution in [0.2, 0.25) is 0 Å². The summed E-state index contributed by atoms with van der Waals surface area (Å²) in [5.41, 5.74) is 1.40. The number of para-hydroxylation sites is 1. The lowest BCUT2D eigenvalue weighted by molar-refractivity contribution is 0.314. The zero-order valence-corrected chi connectivity index (χ0v) is 15.7. The van der Waals surface area contributed by atoms with Gasteiger partial charge in [0.2, 0.25) is 10.0 Å². The first-order chi connectivity index (χ1) is 12.0. The molecule has 4 rings (SSSR count). The Bertz CT molecular complexity index is 970. The maximum Gasteiger partial charge on any atom is 0.248 e. The maximum atomic E-state index is 13.0. The van der Waals surface area contributed by atoms with E-state index < -0.39 is 10.0 Å². The Morgan fingerprint density at radius 2 is 2.08 bits per heavy atom. The van der Waals surface area contributed by atoms with Crippen molar-refractivity contribution in [1.82, 2.24) is 14.4 Å². The number of benzene rings is 1. The van der Waals surface area contributed by atoms with Crippen LogP contribution in [-0.4, -0.2) is 36.0 Å². The molecule has 0 amide bonds. The van der Waals surface area contributed by atoms with Gasteiger partial charge in [-0.05, 0) is 38.8 Å². The van der Waals surface area contributed by atoms with Crippen LogP contribution in [0.25, 0.3) is 10.2 Å². The predicted octanol–water partition coefficient (Wildman–Crippen LogP) is 3.47. The summed E-state index contributed by atoms with van der Waals surface area (Å²) in [6.07, 6.45) is 1.77. The molecule has 0 N–H and O–H groups in total. The fraction of sp³-hybridized carbons (Fsp3) is 0.412. The minimum absolute atomic E-state index is 0.126. The van der Waals surface area contributed by atoms with Crippen LogP contribution in [0.5, 0.6) is 0 Å². The van der Waals surface area contributed by atoms with Crippen molar-refractivity contribution in [3.63, 3.8) is 0 Å². The number of aryl methyl sites for hydroxylation is 2. The highest BCUT2D eigenvalue weighted by Gasteiger charge is 2.35. The van der Waals surface area contributed by atoms with Gasteiger partial charge < -0.3 is 4.52 Å². The minimum Gasteiger partial charge on any atom is -0.360 e. The molecule has 0 radical (unpaired) electrons. The Kier molecular flexibility index (Phi) is 4.13. The number of piperidine rings is 1. The molecule has 0 aliphatic carbocycles. The van der Waals surface area contributed by atoms with Gasteiger partial charge in [0, 0.05) is 19.0 Å². The molecule has 8 heteroatoms. The third-order valence-electron chi connectivity index (χ3n) is 4.61. The summed E-state index contributed by atoms with van der Waals surface area (Å²) in [5, 5.41) is 4.81. The highest BCUT2D eigenvalue weighted by atomic mass is 32.2. The van der Waals surface area contributed by atoms with E-state index >= 15 is 0 Å². The van der Waals surface area contributed by atoms with Crippen LogP contribution in [0.3, 0.4) is 0 Å². The van der Waals surface area contributed by atoms with E-state index in [-0.39, 0.29) is 10.8 Å². The average molecular weight is 377 g/mol. The number of sulfonamides is 1. The summed E-state index contributed by atoms with van der Waals surface area (Å²) in [5.74, 6) is 0.473. The fourth-order valence-corrected chi connectivity index (χ4v) is 6.31. The van der Waals surface area contributed by atoms with E-state index in [2.05, 4.69) is 11.2 Å². The average Bonchev–Trinajstić information content (AvgIpc) is 3.18. The van der Waals surface area contributed by atoms with Gasteiger partial charge in [0.15, 0.2) is 5.76 Å². The van der Waals surface area contributed by atoms with Gasteiger partial charge in [0.05, 0.1) is 15.2 Å². The highest BCUT2D eigenvalue weighted by molar-refractivity contribution is 7.89. The number of hydrogen-bond acceptors (Lipinski definition) is 6. The van der Waals surface area contributed by atoms with E-state index in [1.54, 1.807) is 29.5 Å². The van der Waals surface area contributed by atoms with E-state index in [0.717, 1.165) is 28.1 Å². The quantitative estimate of drug-likeness (QED) is 0.698. The molecule has 1 atom stereocenters. The lowest BCUT2D eigenvalue weighted by atomic mass is 10.0. The zero-order valence-electron chi connectivity index (χ0n) is 14.1. The van der Waals surface area contributed by atoms with E-state index in [0.29, 0.717) is 24.5 Å². The zero-order chi connectivity index (χ0) is 17.6. The van der Waals surface area contributed by atoms with Gasteiger partial charge in [-0.1, -0.05) is 17.3 Å². The number of rotatable bonds is 3. The van der Waals surface area contributed by atoms with Crippen molar-refractivity contribution in [1.29, 1.82) is 0 Å². The predicted molar refractivity (Wildman–Crippen MR) is 96.3 cm³/mol. The fourth-order valence-electron chi connectivity index (χ4n) is 3.40. The minimum atomic E-state index is -3.60. The van der Waals surface area contributed by atoms with Crippen molar-refractivity contribution in [2.24, 2.45) is 0 Å². The number of fused-ring (bicyclic) bond motifs is 1. The molecule has 0 saturated carbocycles. The lowest BCUT2D eigenvalue weighted by Gasteiger charge is -2.30. The lowest BCUT2D eigenvalue weighted by Crippen LogP contribution is -2.39.